The van der Waals surface area contributed by atoms with Gasteiger partial charge in [-0.2, -0.15) is 5.10 Å². The van der Waals surface area contributed by atoms with Gasteiger partial charge in [-0.25, -0.2) is 5.43 Å². The van der Waals surface area contributed by atoms with Crippen molar-refractivity contribution in [3.05, 3.63) is 56.5 Å². The van der Waals surface area contributed by atoms with Gasteiger partial charge in [-0.05, 0) is 81.1 Å². The molecule has 24 heavy (non-hydrogen) atoms. The molecule has 5 nitrogen and oxygen atoms in total. The third-order valence-corrected chi connectivity index (χ3v) is 4.35. The SMILES string of the molecule is C/C(=N/NC(=O)COc1c(Br)cc(C)cc1Br)c1ccc(N)cc1. The van der Waals surface area contributed by atoms with Gasteiger partial charge in [0, 0.05) is 5.69 Å². The molecule has 0 spiro atoms. The standard InChI is InChI=1S/C17H17Br2N3O2/c1-10-7-14(18)17(15(19)8-10)24-9-16(23)22-21-11(2)12-3-5-13(20)6-4-12/h3-8H,9,20H2,1-2H3,(H,22,23)/b21-11-. The number of anilines is 1. The van der Waals surface area contributed by atoms with Crippen LogP contribution in [0.4, 0.5) is 5.69 Å². The summed E-state index contributed by atoms with van der Waals surface area (Å²) in [4.78, 5) is 11.9. The van der Waals surface area contributed by atoms with Crippen LogP contribution in [-0.2, 0) is 4.79 Å². The van der Waals surface area contributed by atoms with E-state index in [4.69, 9.17) is 10.5 Å². The number of ether oxygens (including phenoxy) is 1. The Bertz CT molecular complexity index is 751. The van der Waals surface area contributed by atoms with Crippen molar-refractivity contribution in [1.29, 1.82) is 0 Å². The van der Waals surface area contributed by atoms with Gasteiger partial charge in [0.1, 0.15) is 5.75 Å². The van der Waals surface area contributed by atoms with Gasteiger partial charge in [-0.3, -0.25) is 4.79 Å². The first kappa shape index (κ1) is 18.5. The molecule has 7 heteroatoms. The molecule has 0 unspecified atom stereocenters. The Labute approximate surface area is 157 Å². The van der Waals surface area contributed by atoms with Crippen molar-refractivity contribution in [2.24, 2.45) is 5.10 Å². The number of aryl methyl sites for hydroxylation is 1. The van der Waals surface area contributed by atoms with Crippen LogP contribution in [0.2, 0.25) is 0 Å². The number of hydrazone groups is 1. The summed E-state index contributed by atoms with van der Waals surface area (Å²) in [6.45, 7) is 3.64. The zero-order valence-electron chi connectivity index (χ0n) is 13.3. The fraction of sp³-hybridized carbons (Fsp3) is 0.176. The molecule has 0 aliphatic carbocycles. The van der Waals surface area contributed by atoms with E-state index in [1.165, 1.54) is 0 Å². The Hall–Kier alpha value is -1.86. The highest BCUT2D eigenvalue weighted by molar-refractivity contribution is 9.11. The summed E-state index contributed by atoms with van der Waals surface area (Å²) in [5.74, 6) is 0.235. The lowest BCUT2D eigenvalue weighted by molar-refractivity contribution is -0.123. The van der Waals surface area contributed by atoms with E-state index in [-0.39, 0.29) is 12.5 Å². The van der Waals surface area contributed by atoms with E-state index in [1.807, 2.05) is 31.2 Å². The lowest BCUT2D eigenvalue weighted by Crippen LogP contribution is -2.25. The summed E-state index contributed by atoms with van der Waals surface area (Å²) in [5, 5.41) is 4.07. The largest absolute Gasteiger partial charge is 0.481 e. The van der Waals surface area contributed by atoms with Crippen LogP contribution in [0.15, 0.2) is 50.4 Å². The van der Waals surface area contributed by atoms with Crippen molar-refractivity contribution < 1.29 is 9.53 Å². The van der Waals surface area contributed by atoms with Gasteiger partial charge in [-0.15, -0.1) is 0 Å². The maximum absolute atomic E-state index is 11.9. The number of hydrogen-bond donors (Lipinski definition) is 2. The number of benzene rings is 2. The minimum Gasteiger partial charge on any atom is -0.481 e. The number of hydrogen-bond acceptors (Lipinski definition) is 4. The summed E-state index contributed by atoms with van der Waals surface area (Å²) in [6.07, 6.45) is 0. The van der Waals surface area contributed by atoms with Crippen LogP contribution in [-0.4, -0.2) is 18.2 Å². The molecule has 2 rings (SSSR count). The van der Waals surface area contributed by atoms with Crippen LogP contribution >= 0.6 is 31.9 Å². The highest BCUT2D eigenvalue weighted by Crippen LogP contribution is 2.34. The second kappa shape index (κ2) is 8.30. The molecule has 0 saturated carbocycles. The number of nitrogen functional groups attached to an aromatic ring is 1. The summed E-state index contributed by atoms with van der Waals surface area (Å²) in [7, 11) is 0. The van der Waals surface area contributed by atoms with E-state index in [0.29, 0.717) is 17.1 Å². The van der Waals surface area contributed by atoms with E-state index in [9.17, 15) is 4.79 Å². The third kappa shape index (κ3) is 5.07. The minimum atomic E-state index is -0.343. The number of nitrogens with one attached hydrogen (secondary N) is 1. The van der Waals surface area contributed by atoms with Crippen LogP contribution in [0.3, 0.4) is 0 Å². The van der Waals surface area contributed by atoms with E-state index >= 15 is 0 Å². The molecule has 2 aromatic carbocycles. The molecule has 0 fully saturated rings. The van der Waals surface area contributed by atoms with Gasteiger partial charge < -0.3 is 10.5 Å². The van der Waals surface area contributed by atoms with Gasteiger partial charge in [0.15, 0.2) is 6.61 Å². The second-order valence-electron chi connectivity index (χ2n) is 5.20. The quantitative estimate of drug-likeness (QED) is 0.407. The normalized spacial score (nSPS) is 11.2. The fourth-order valence-electron chi connectivity index (χ4n) is 1.93. The molecular weight excluding hydrogens is 438 g/mol. The van der Waals surface area contributed by atoms with Crippen molar-refractivity contribution in [3.63, 3.8) is 0 Å². The van der Waals surface area contributed by atoms with E-state index in [2.05, 4.69) is 42.4 Å². The molecular formula is C17H17Br2N3O2. The number of nitrogens with zero attached hydrogens (tertiary/aromatic N) is 1. The number of nitrogens with two attached hydrogens (primary N) is 1. The average Bonchev–Trinajstić information content (AvgIpc) is 2.52. The van der Waals surface area contributed by atoms with Crippen molar-refractivity contribution in [1.82, 2.24) is 5.43 Å². The van der Waals surface area contributed by atoms with Gasteiger partial charge in [0.05, 0.1) is 14.7 Å². The Morgan fingerprint density at radius 3 is 2.38 bits per heavy atom. The number of carbonyl (C=O) groups is 1. The predicted octanol–water partition coefficient (Wildman–Crippen LogP) is 4.02. The Morgan fingerprint density at radius 1 is 1.21 bits per heavy atom. The minimum absolute atomic E-state index is 0.140. The summed E-state index contributed by atoms with van der Waals surface area (Å²) >= 11 is 6.84. The Kier molecular flexibility index (Phi) is 6.39. The Balaban J connectivity index is 1.94. The second-order valence-corrected chi connectivity index (χ2v) is 6.91. The molecule has 0 bridgehead atoms. The highest BCUT2D eigenvalue weighted by Gasteiger charge is 2.10. The lowest BCUT2D eigenvalue weighted by Gasteiger charge is -2.10. The van der Waals surface area contributed by atoms with E-state index < -0.39 is 0 Å². The van der Waals surface area contributed by atoms with Crippen LogP contribution in [0.1, 0.15) is 18.1 Å². The van der Waals surface area contributed by atoms with Crippen LogP contribution in [0, 0.1) is 6.92 Å². The molecule has 0 radical (unpaired) electrons. The molecule has 0 heterocycles. The molecule has 1 amide bonds. The highest BCUT2D eigenvalue weighted by atomic mass is 79.9. The molecule has 126 valence electrons. The number of amides is 1. The van der Waals surface area contributed by atoms with Crippen molar-refractivity contribution in [3.8, 4) is 5.75 Å². The maximum Gasteiger partial charge on any atom is 0.277 e. The molecule has 3 N–H and O–H groups in total. The zero-order chi connectivity index (χ0) is 17.7. The molecule has 0 aliphatic heterocycles. The van der Waals surface area contributed by atoms with Gasteiger partial charge in [0.2, 0.25) is 0 Å². The molecule has 0 atom stereocenters. The van der Waals surface area contributed by atoms with Crippen molar-refractivity contribution >= 4 is 49.2 Å². The number of carbonyl (C=O) groups excluding carboxylic acids is 1. The summed E-state index contributed by atoms with van der Waals surface area (Å²) < 4.78 is 7.11. The van der Waals surface area contributed by atoms with Crippen LogP contribution < -0.4 is 15.9 Å². The predicted molar refractivity (Wildman–Crippen MR) is 103 cm³/mol. The monoisotopic (exact) mass is 453 g/mol. The smallest absolute Gasteiger partial charge is 0.277 e. The molecule has 0 saturated heterocycles. The molecule has 0 aliphatic rings. The lowest BCUT2D eigenvalue weighted by atomic mass is 10.1. The maximum atomic E-state index is 11.9. The Morgan fingerprint density at radius 2 is 1.79 bits per heavy atom. The van der Waals surface area contributed by atoms with Gasteiger partial charge in [-0.1, -0.05) is 12.1 Å². The van der Waals surface area contributed by atoms with Crippen molar-refractivity contribution in [2.45, 2.75) is 13.8 Å². The van der Waals surface area contributed by atoms with Crippen LogP contribution in [0.25, 0.3) is 0 Å². The van der Waals surface area contributed by atoms with Gasteiger partial charge >= 0.3 is 0 Å². The molecule has 2 aromatic rings. The first-order valence-corrected chi connectivity index (χ1v) is 8.73. The molecule has 0 aromatic heterocycles. The van der Waals surface area contributed by atoms with E-state index in [1.54, 1.807) is 19.1 Å². The summed E-state index contributed by atoms with van der Waals surface area (Å²) in [6, 6.07) is 11.1. The average molecular weight is 455 g/mol. The topological polar surface area (TPSA) is 76.7 Å². The third-order valence-electron chi connectivity index (χ3n) is 3.17. The van der Waals surface area contributed by atoms with Crippen LogP contribution in [0.5, 0.6) is 5.75 Å². The fourth-order valence-corrected chi connectivity index (χ4v) is 3.57. The zero-order valence-corrected chi connectivity index (χ0v) is 16.4. The van der Waals surface area contributed by atoms with E-state index in [0.717, 1.165) is 20.1 Å². The van der Waals surface area contributed by atoms with Gasteiger partial charge in [0.25, 0.3) is 5.91 Å². The van der Waals surface area contributed by atoms with Crippen molar-refractivity contribution in [2.75, 3.05) is 12.3 Å². The first-order valence-electron chi connectivity index (χ1n) is 7.14. The number of rotatable bonds is 5. The first-order chi connectivity index (χ1) is 11.4. The summed E-state index contributed by atoms with van der Waals surface area (Å²) in [5.41, 5.74) is 11.4. The number of halogens is 2.